The Morgan fingerprint density at radius 1 is 1.17 bits per heavy atom. The molecule has 0 aromatic rings. The van der Waals surface area contributed by atoms with E-state index in [1.165, 1.54) is 0 Å². The molecule has 0 aromatic heterocycles. The fourth-order valence-electron chi connectivity index (χ4n) is 1.41. The number of rotatable bonds is 12. The lowest BCUT2D eigenvalue weighted by Crippen LogP contribution is -2.26. The van der Waals surface area contributed by atoms with E-state index in [4.69, 9.17) is 19.3 Å². The maximum Gasteiger partial charge on any atom is 0.356 e. The van der Waals surface area contributed by atoms with Gasteiger partial charge >= 0.3 is 7.60 Å². The normalized spacial score (nSPS) is 14.0. The molecule has 0 spiro atoms. The predicted molar refractivity (Wildman–Crippen MR) is 84.6 cm³/mol. The van der Waals surface area contributed by atoms with Crippen molar-refractivity contribution in [2.45, 2.75) is 46.0 Å². The first-order valence-corrected chi connectivity index (χ1v) is 10.4. The minimum Gasteiger partial charge on any atom is -0.363 e. The average molecular weight is 373 g/mol. The Balaban J connectivity index is 4.86. The molecule has 0 unspecified atom stereocenters. The molecule has 0 radical (unpaired) electrons. The van der Waals surface area contributed by atoms with Gasteiger partial charge < -0.3 is 13.8 Å². The molecule has 0 N–H and O–H groups in total. The van der Waals surface area contributed by atoms with E-state index in [1.54, 1.807) is 27.7 Å². The first-order chi connectivity index (χ1) is 10.5. The van der Waals surface area contributed by atoms with Crippen LogP contribution >= 0.6 is 7.60 Å². The highest BCUT2D eigenvalue weighted by Gasteiger charge is 2.29. The topological polar surface area (TPSA) is 137 Å². The zero-order valence-corrected chi connectivity index (χ0v) is 15.6. The largest absolute Gasteiger partial charge is 0.363 e. The quantitative estimate of drug-likeness (QED) is 0.168. The van der Waals surface area contributed by atoms with Gasteiger partial charge in [0.15, 0.2) is 0 Å². The number of nitrogens with zero attached hydrogens (tertiary/aromatic N) is 3. The molecule has 12 heteroatoms. The lowest BCUT2D eigenvalue weighted by molar-refractivity contribution is 0.0332. The molecule has 0 saturated carbocycles. The maximum atomic E-state index is 12.6. The van der Waals surface area contributed by atoms with Crippen LogP contribution in [0.4, 0.5) is 0 Å². The second kappa shape index (κ2) is 10.2. The van der Waals surface area contributed by atoms with Gasteiger partial charge in [-0.3, -0.25) is 8.75 Å². The van der Waals surface area contributed by atoms with E-state index < -0.39 is 30.2 Å². The zero-order chi connectivity index (χ0) is 18.1. The van der Waals surface area contributed by atoms with Crippen LogP contribution in [-0.4, -0.2) is 52.5 Å². The molecule has 23 heavy (non-hydrogen) atoms. The van der Waals surface area contributed by atoms with Crippen LogP contribution in [0.2, 0.25) is 0 Å². The number of hydrogen-bond donors (Lipinski definition) is 0. The van der Waals surface area contributed by atoms with Crippen molar-refractivity contribution in [1.29, 1.82) is 0 Å². The Kier molecular flexibility index (Phi) is 9.95. The van der Waals surface area contributed by atoms with Gasteiger partial charge in [-0.15, -0.1) is 0 Å². The summed E-state index contributed by atoms with van der Waals surface area (Å²) in [6.07, 6.45) is -1.15. The van der Waals surface area contributed by atoms with Crippen molar-refractivity contribution in [3.05, 3.63) is 10.4 Å². The average Bonchev–Trinajstić information content (AvgIpc) is 2.34. The van der Waals surface area contributed by atoms with E-state index in [2.05, 4.69) is 14.2 Å². The van der Waals surface area contributed by atoms with E-state index in [0.29, 0.717) is 0 Å². The maximum absolute atomic E-state index is 12.6. The SMILES string of the molecule is CC(C)OP(=O)(CO[C@H](CN=[N+]=[N-])COS(C)(=O)=O)OC(C)C. The molecule has 0 rings (SSSR count). The molecule has 0 aromatic carbocycles. The van der Waals surface area contributed by atoms with Crippen LogP contribution in [0.25, 0.3) is 10.4 Å². The lowest BCUT2D eigenvalue weighted by atomic mass is 10.4. The van der Waals surface area contributed by atoms with Crippen molar-refractivity contribution in [3.8, 4) is 0 Å². The molecule has 0 aliphatic carbocycles. The van der Waals surface area contributed by atoms with Crippen LogP contribution in [0.1, 0.15) is 27.7 Å². The number of azide groups is 1. The number of ether oxygens (including phenoxy) is 1. The Labute approximate surface area is 136 Å². The molecule has 0 bridgehead atoms. The number of hydrogen-bond acceptors (Lipinski definition) is 8. The van der Waals surface area contributed by atoms with Crippen molar-refractivity contribution in [2.75, 3.05) is 25.8 Å². The third-order valence-corrected chi connectivity index (χ3v) is 4.54. The molecule has 0 saturated heterocycles. The molecule has 0 amide bonds. The van der Waals surface area contributed by atoms with Crippen LogP contribution in [-0.2, 0) is 32.7 Å². The van der Waals surface area contributed by atoms with Gasteiger partial charge in [0.2, 0.25) is 0 Å². The molecule has 0 aliphatic heterocycles. The van der Waals surface area contributed by atoms with Crippen molar-refractivity contribution in [3.63, 3.8) is 0 Å². The Morgan fingerprint density at radius 3 is 2.09 bits per heavy atom. The second-order valence-electron chi connectivity index (χ2n) is 5.24. The van der Waals surface area contributed by atoms with Crippen LogP contribution < -0.4 is 0 Å². The molecule has 10 nitrogen and oxygen atoms in total. The van der Waals surface area contributed by atoms with Gasteiger partial charge in [0.25, 0.3) is 10.1 Å². The summed E-state index contributed by atoms with van der Waals surface area (Å²) >= 11 is 0. The minimum absolute atomic E-state index is 0.185. The third-order valence-electron chi connectivity index (χ3n) is 2.03. The van der Waals surface area contributed by atoms with Crippen molar-refractivity contribution >= 4 is 17.7 Å². The minimum atomic E-state index is -3.68. The van der Waals surface area contributed by atoms with Crippen molar-refractivity contribution in [1.82, 2.24) is 0 Å². The van der Waals surface area contributed by atoms with Crippen LogP contribution in [0.5, 0.6) is 0 Å². The summed E-state index contributed by atoms with van der Waals surface area (Å²) in [5.74, 6) is 0. The first-order valence-electron chi connectivity index (χ1n) is 6.90. The molecule has 0 aliphatic rings. The molecular formula is C11H24N3O7PS. The second-order valence-corrected chi connectivity index (χ2v) is 8.78. The Hall–Kier alpha value is -0.670. The smallest absolute Gasteiger partial charge is 0.356 e. The first kappa shape index (κ1) is 22.3. The molecule has 1 atom stereocenters. The molecule has 0 heterocycles. The highest BCUT2D eigenvalue weighted by Crippen LogP contribution is 2.50. The van der Waals surface area contributed by atoms with Gasteiger partial charge in [-0.05, 0) is 33.2 Å². The van der Waals surface area contributed by atoms with Gasteiger partial charge in [0, 0.05) is 4.91 Å². The van der Waals surface area contributed by atoms with Gasteiger partial charge in [0.05, 0.1) is 37.7 Å². The van der Waals surface area contributed by atoms with Gasteiger partial charge in [-0.25, -0.2) is 0 Å². The lowest BCUT2D eigenvalue weighted by Gasteiger charge is -2.24. The summed E-state index contributed by atoms with van der Waals surface area (Å²) < 4.78 is 55.2. The van der Waals surface area contributed by atoms with Crippen LogP contribution in [0, 0.1) is 0 Å². The van der Waals surface area contributed by atoms with Crippen molar-refractivity contribution in [2.24, 2.45) is 5.11 Å². The van der Waals surface area contributed by atoms with E-state index in [9.17, 15) is 13.0 Å². The fraction of sp³-hybridized carbons (Fsp3) is 1.00. The predicted octanol–water partition coefficient (Wildman–Crippen LogP) is 2.66. The van der Waals surface area contributed by atoms with Crippen LogP contribution in [0.15, 0.2) is 5.11 Å². The Bertz CT molecular complexity index is 532. The van der Waals surface area contributed by atoms with Gasteiger partial charge in [-0.2, -0.15) is 8.42 Å². The van der Waals surface area contributed by atoms with E-state index >= 15 is 0 Å². The third kappa shape index (κ3) is 12.4. The summed E-state index contributed by atoms with van der Waals surface area (Å²) in [6, 6.07) is 0. The summed E-state index contributed by atoms with van der Waals surface area (Å²) in [5.41, 5.74) is 8.35. The van der Waals surface area contributed by atoms with E-state index in [1.807, 2.05) is 0 Å². The summed E-state index contributed by atoms with van der Waals surface area (Å²) in [4.78, 5) is 2.57. The standard InChI is InChI=1S/C11H24N3O7PS/c1-9(2)20-22(15,21-10(3)4)8-18-11(6-13-14-12)7-19-23(5,16)17/h9-11H,6-8H2,1-5H3/t11-/m1/s1. The highest BCUT2D eigenvalue weighted by atomic mass is 32.2. The monoisotopic (exact) mass is 373 g/mol. The summed E-state index contributed by atoms with van der Waals surface area (Å²) in [5, 5.41) is 3.30. The highest BCUT2D eigenvalue weighted by molar-refractivity contribution is 7.85. The molecule has 136 valence electrons. The summed E-state index contributed by atoms with van der Waals surface area (Å²) in [7, 11) is -7.23. The fourth-order valence-corrected chi connectivity index (χ4v) is 3.65. The molecular weight excluding hydrogens is 349 g/mol. The Morgan fingerprint density at radius 2 is 1.70 bits per heavy atom. The van der Waals surface area contributed by atoms with Gasteiger partial charge in [-0.1, -0.05) is 5.11 Å². The van der Waals surface area contributed by atoms with Gasteiger partial charge in [0.1, 0.15) is 6.35 Å². The van der Waals surface area contributed by atoms with E-state index in [-0.39, 0.29) is 25.4 Å². The van der Waals surface area contributed by atoms with Crippen LogP contribution in [0.3, 0.4) is 0 Å². The summed E-state index contributed by atoms with van der Waals surface area (Å²) in [6.45, 7) is 6.22. The van der Waals surface area contributed by atoms with Crippen molar-refractivity contribution < 1.29 is 31.0 Å². The zero-order valence-electron chi connectivity index (χ0n) is 13.9. The molecule has 0 fully saturated rings. The van der Waals surface area contributed by atoms with E-state index in [0.717, 1.165) is 6.26 Å².